The van der Waals surface area contributed by atoms with E-state index in [4.69, 9.17) is 20.6 Å². The first kappa shape index (κ1) is 14.4. The second kappa shape index (κ2) is 7.66. The van der Waals surface area contributed by atoms with Crippen LogP contribution in [-0.4, -0.2) is 25.7 Å². The molecular formula is C13H19FN2O2. The van der Waals surface area contributed by atoms with E-state index in [0.29, 0.717) is 25.6 Å². The SMILES string of the molecule is CCCCOCCOc1ccc(F)cc1C(=N)N. The first-order valence-electron chi connectivity index (χ1n) is 5.99. The number of nitrogens with one attached hydrogen (secondary N) is 1. The summed E-state index contributed by atoms with van der Waals surface area (Å²) in [6.45, 7) is 3.63. The third-order valence-electron chi connectivity index (χ3n) is 2.36. The van der Waals surface area contributed by atoms with Gasteiger partial charge in [0.25, 0.3) is 0 Å². The third kappa shape index (κ3) is 4.71. The smallest absolute Gasteiger partial charge is 0.130 e. The first-order chi connectivity index (χ1) is 8.65. The van der Waals surface area contributed by atoms with Crippen molar-refractivity contribution < 1.29 is 13.9 Å². The summed E-state index contributed by atoms with van der Waals surface area (Å²) < 4.78 is 23.8. The summed E-state index contributed by atoms with van der Waals surface area (Å²) in [5.74, 6) is -0.244. The molecule has 0 atom stereocenters. The molecule has 5 heteroatoms. The fourth-order valence-electron chi connectivity index (χ4n) is 1.40. The first-order valence-corrected chi connectivity index (χ1v) is 5.99. The Morgan fingerprint density at radius 3 is 2.78 bits per heavy atom. The molecule has 0 heterocycles. The molecule has 0 fully saturated rings. The molecule has 1 rings (SSSR count). The lowest BCUT2D eigenvalue weighted by Crippen LogP contribution is -2.15. The van der Waals surface area contributed by atoms with E-state index in [0.717, 1.165) is 12.8 Å². The molecule has 0 bridgehead atoms. The van der Waals surface area contributed by atoms with Crippen LogP contribution >= 0.6 is 0 Å². The van der Waals surface area contributed by atoms with Gasteiger partial charge in [0, 0.05) is 6.61 Å². The van der Waals surface area contributed by atoms with Gasteiger partial charge in [0.15, 0.2) is 0 Å². The van der Waals surface area contributed by atoms with Crippen molar-refractivity contribution in [3.63, 3.8) is 0 Å². The van der Waals surface area contributed by atoms with E-state index < -0.39 is 5.82 Å². The second-order valence-electron chi connectivity index (χ2n) is 3.87. The Hall–Kier alpha value is -1.62. The summed E-state index contributed by atoms with van der Waals surface area (Å²) in [5.41, 5.74) is 5.63. The van der Waals surface area contributed by atoms with Crippen molar-refractivity contribution in [1.29, 1.82) is 5.41 Å². The van der Waals surface area contributed by atoms with Gasteiger partial charge in [0.05, 0.1) is 12.2 Å². The van der Waals surface area contributed by atoms with Gasteiger partial charge < -0.3 is 15.2 Å². The normalized spacial score (nSPS) is 10.3. The van der Waals surface area contributed by atoms with Crippen molar-refractivity contribution in [1.82, 2.24) is 0 Å². The highest BCUT2D eigenvalue weighted by Crippen LogP contribution is 2.19. The van der Waals surface area contributed by atoms with Crippen LogP contribution in [0.2, 0.25) is 0 Å². The quantitative estimate of drug-likeness (QED) is 0.425. The molecule has 0 saturated carbocycles. The standard InChI is InChI=1S/C13H19FN2O2/c1-2-3-6-17-7-8-18-12-5-4-10(14)9-11(12)13(15)16/h4-5,9H,2-3,6-8H2,1H3,(H3,15,16). The fourth-order valence-corrected chi connectivity index (χ4v) is 1.40. The summed E-state index contributed by atoms with van der Waals surface area (Å²) in [4.78, 5) is 0. The highest BCUT2D eigenvalue weighted by Gasteiger charge is 2.08. The maximum atomic E-state index is 13.0. The molecule has 0 amide bonds. The number of halogens is 1. The number of hydrogen-bond donors (Lipinski definition) is 2. The van der Waals surface area contributed by atoms with E-state index in [1.807, 2.05) is 0 Å². The van der Waals surface area contributed by atoms with Crippen molar-refractivity contribution in [2.75, 3.05) is 19.8 Å². The number of nitrogen functional groups attached to an aromatic ring is 1. The molecule has 3 N–H and O–H groups in total. The zero-order valence-corrected chi connectivity index (χ0v) is 10.5. The lowest BCUT2D eigenvalue weighted by molar-refractivity contribution is 0.0980. The molecule has 0 aromatic heterocycles. The monoisotopic (exact) mass is 254 g/mol. The third-order valence-corrected chi connectivity index (χ3v) is 2.36. The number of unbranched alkanes of at least 4 members (excludes halogenated alkanes) is 1. The number of hydrogen-bond acceptors (Lipinski definition) is 3. The molecule has 18 heavy (non-hydrogen) atoms. The molecule has 0 aliphatic rings. The van der Waals surface area contributed by atoms with E-state index >= 15 is 0 Å². The van der Waals surface area contributed by atoms with Gasteiger partial charge in [-0.25, -0.2) is 4.39 Å². The van der Waals surface area contributed by atoms with Gasteiger partial charge in [0.1, 0.15) is 24.0 Å². The number of benzene rings is 1. The maximum absolute atomic E-state index is 13.0. The summed E-state index contributed by atoms with van der Waals surface area (Å²) >= 11 is 0. The van der Waals surface area contributed by atoms with Crippen LogP contribution in [0.25, 0.3) is 0 Å². The second-order valence-corrected chi connectivity index (χ2v) is 3.87. The largest absolute Gasteiger partial charge is 0.490 e. The van der Waals surface area contributed by atoms with Crippen LogP contribution in [0, 0.1) is 11.2 Å². The molecule has 100 valence electrons. The average Bonchev–Trinajstić information content (AvgIpc) is 2.35. The molecule has 0 aliphatic carbocycles. The van der Waals surface area contributed by atoms with Gasteiger partial charge in [-0.3, -0.25) is 5.41 Å². The molecule has 0 aliphatic heterocycles. The summed E-state index contributed by atoms with van der Waals surface area (Å²) in [6.07, 6.45) is 2.11. The molecule has 0 unspecified atom stereocenters. The summed E-state index contributed by atoms with van der Waals surface area (Å²) in [5, 5.41) is 7.34. The zero-order chi connectivity index (χ0) is 13.4. The molecule has 0 radical (unpaired) electrons. The van der Waals surface area contributed by atoms with Crippen LogP contribution in [0.3, 0.4) is 0 Å². The zero-order valence-electron chi connectivity index (χ0n) is 10.5. The highest BCUT2D eigenvalue weighted by molar-refractivity contribution is 5.97. The minimum atomic E-state index is -0.438. The number of nitrogens with two attached hydrogens (primary N) is 1. The predicted molar refractivity (Wildman–Crippen MR) is 68.6 cm³/mol. The minimum Gasteiger partial charge on any atom is -0.490 e. The van der Waals surface area contributed by atoms with Gasteiger partial charge in [-0.15, -0.1) is 0 Å². The van der Waals surface area contributed by atoms with Crippen molar-refractivity contribution in [2.45, 2.75) is 19.8 Å². The van der Waals surface area contributed by atoms with Crippen LogP contribution in [-0.2, 0) is 4.74 Å². The molecule has 0 saturated heterocycles. The topological polar surface area (TPSA) is 68.3 Å². The fraction of sp³-hybridized carbons (Fsp3) is 0.462. The van der Waals surface area contributed by atoms with Gasteiger partial charge in [-0.2, -0.15) is 0 Å². The molecular weight excluding hydrogens is 235 g/mol. The predicted octanol–water partition coefficient (Wildman–Crippen LogP) is 2.31. The van der Waals surface area contributed by atoms with Crippen molar-refractivity contribution in [3.05, 3.63) is 29.6 Å². The Balaban J connectivity index is 2.44. The van der Waals surface area contributed by atoms with Crippen molar-refractivity contribution in [3.8, 4) is 5.75 Å². The van der Waals surface area contributed by atoms with Crippen molar-refractivity contribution >= 4 is 5.84 Å². The van der Waals surface area contributed by atoms with Crippen LogP contribution < -0.4 is 10.5 Å². The van der Waals surface area contributed by atoms with E-state index in [1.165, 1.54) is 18.2 Å². The Morgan fingerprint density at radius 2 is 2.11 bits per heavy atom. The molecule has 1 aromatic carbocycles. The number of amidine groups is 1. The summed E-state index contributed by atoms with van der Waals surface area (Å²) in [6, 6.07) is 3.94. The van der Waals surface area contributed by atoms with Crippen molar-refractivity contribution in [2.24, 2.45) is 5.73 Å². The van der Waals surface area contributed by atoms with Crippen LogP contribution in [0.5, 0.6) is 5.75 Å². The maximum Gasteiger partial charge on any atom is 0.130 e. The van der Waals surface area contributed by atoms with Gasteiger partial charge >= 0.3 is 0 Å². The Labute approximate surface area is 106 Å². The molecule has 1 aromatic rings. The van der Waals surface area contributed by atoms with E-state index in [1.54, 1.807) is 0 Å². The number of ether oxygens (including phenoxy) is 2. The Morgan fingerprint density at radius 1 is 1.33 bits per heavy atom. The van der Waals surface area contributed by atoms with E-state index in [9.17, 15) is 4.39 Å². The summed E-state index contributed by atoms with van der Waals surface area (Å²) in [7, 11) is 0. The highest BCUT2D eigenvalue weighted by atomic mass is 19.1. The van der Waals surface area contributed by atoms with E-state index in [2.05, 4.69) is 6.92 Å². The number of rotatable bonds is 8. The van der Waals surface area contributed by atoms with Crippen LogP contribution in [0.15, 0.2) is 18.2 Å². The Kier molecular flexibility index (Phi) is 6.14. The van der Waals surface area contributed by atoms with Gasteiger partial charge in [-0.1, -0.05) is 13.3 Å². The lowest BCUT2D eigenvalue weighted by Gasteiger charge is -2.10. The Bertz CT molecular complexity index is 397. The average molecular weight is 254 g/mol. The van der Waals surface area contributed by atoms with Gasteiger partial charge in [-0.05, 0) is 24.6 Å². The van der Waals surface area contributed by atoms with Crippen LogP contribution in [0.4, 0.5) is 4.39 Å². The molecule has 4 nitrogen and oxygen atoms in total. The van der Waals surface area contributed by atoms with Gasteiger partial charge in [0.2, 0.25) is 0 Å². The van der Waals surface area contributed by atoms with E-state index in [-0.39, 0.29) is 11.4 Å². The minimum absolute atomic E-state index is 0.212. The van der Waals surface area contributed by atoms with Crippen LogP contribution in [0.1, 0.15) is 25.3 Å². The lowest BCUT2D eigenvalue weighted by atomic mass is 10.2. The molecule has 0 spiro atoms.